The van der Waals surface area contributed by atoms with E-state index in [0.717, 1.165) is 24.8 Å². The second-order valence-corrected chi connectivity index (χ2v) is 6.14. The third-order valence-electron chi connectivity index (χ3n) is 4.01. The lowest BCUT2D eigenvalue weighted by Crippen LogP contribution is -1.99. The van der Waals surface area contributed by atoms with E-state index in [1.165, 1.54) is 51.4 Å². The fourth-order valence-electron chi connectivity index (χ4n) is 2.64. The molecule has 0 radical (unpaired) electrons. The summed E-state index contributed by atoms with van der Waals surface area (Å²) in [5.41, 5.74) is 1.16. The summed E-state index contributed by atoms with van der Waals surface area (Å²) in [6, 6.07) is 0. The molecule has 0 fully saturated rings. The van der Waals surface area contributed by atoms with Crippen LogP contribution in [-0.4, -0.2) is 15.6 Å². The molecule has 0 N–H and O–H groups in total. The summed E-state index contributed by atoms with van der Waals surface area (Å²) >= 11 is 0. The van der Waals surface area contributed by atoms with Gasteiger partial charge in [0.2, 0.25) is 0 Å². The van der Waals surface area contributed by atoms with E-state index in [9.17, 15) is 4.79 Å². The third kappa shape index (κ3) is 9.43. The van der Waals surface area contributed by atoms with Crippen LogP contribution in [0.2, 0.25) is 0 Å². The van der Waals surface area contributed by atoms with Gasteiger partial charge in [-0.3, -0.25) is 9.48 Å². The Morgan fingerprint density at radius 3 is 2.19 bits per heavy atom. The molecule has 0 amide bonds. The maximum absolute atomic E-state index is 11.8. The topological polar surface area (TPSA) is 34.9 Å². The van der Waals surface area contributed by atoms with Crippen molar-refractivity contribution in [3.05, 3.63) is 18.0 Å². The van der Waals surface area contributed by atoms with Gasteiger partial charge >= 0.3 is 0 Å². The number of nitrogens with zero attached hydrogens (tertiary/aromatic N) is 2. The molecule has 0 aromatic carbocycles. The molecule has 0 saturated carbocycles. The fraction of sp³-hybridized carbons (Fsp3) is 0.778. The first-order valence-electron chi connectivity index (χ1n) is 8.71. The molecular formula is C18H32N2O. The van der Waals surface area contributed by atoms with Gasteiger partial charge in [-0.1, -0.05) is 58.3 Å². The summed E-state index contributed by atoms with van der Waals surface area (Å²) in [5.74, 6) is 0.404. The Kier molecular flexibility index (Phi) is 9.84. The maximum atomic E-state index is 11.8. The Balaban J connectivity index is 1.89. The van der Waals surface area contributed by atoms with E-state index >= 15 is 0 Å². The molecule has 0 spiro atoms. The number of ketones is 1. The van der Waals surface area contributed by atoms with E-state index in [0.29, 0.717) is 12.2 Å². The molecule has 120 valence electrons. The lowest BCUT2D eigenvalue weighted by molar-refractivity contribution is -0.119. The van der Waals surface area contributed by atoms with Crippen LogP contribution in [0, 0.1) is 0 Å². The monoisotopic (exact) mass is 292 g/mol. The number of carbonyl (C=O) groups is 1. The van der Waals surface area contributed by atoms with Crippen molar-refractivity contribution < 1.29 is 4.79 Å². The van der Waals surface area contributed by atoms with E-state index in [1.807, 2.05) is 19.4 Å². The predicted octanol–water partition coefficient (Wildman–Crippen LogP) is 4.84. The van der Waals surface area contributed by atoms with Crippen molar-refractivity contribution >= 4 is 5.78 Å². The summed E-state index contributed by atoms with van der Waals surface area (Å²) in [6.07, 6.45) is 17.9. The van der Waals surface area contributed by atoms with E-state index in [-0.39, 0.29) is 0 Å². The summed E-state index contributed by atoms with van der Waals surface area (Å²) < 4.78 is 1.79. The standard InChI is InChI=1S/C18H32N2O/c1-3-4-5-6-7-8-9-10-11-12-18(21)14-13-17-15-19-20(2)16-17/h15-16H,3-14H2,1-2H3. The van der Waals surface area contributed by atoms with Gasteiger partial charge < -0.3 is 0 Å². The van der Waals surface area contributed by atoms with E-state index < -0.39 is 0 Å². The molecule has 0 aliphatic carbocycles. The zero-order valence-electron chi connectivity index (χ0n) is 13.9. The second kappa shape index (κ2) is 11.5. The zero-order valence-corrected chi connectivity index (χ0v) is 13.9. The van der Waals surface area contributed by atoms with E-state index in [4.69, 9.17) is 0 Å². The molecule has 1 aromatic rings. The number of Topliss-reactive ketones (excluding diaryl/α,β-unsaturated/α-hetero) is 1. The Bertz CT molecular complexity index is 384. The lowest BCUT2D eigenvalue weighted by atomic mass is 10.0. The van der Waals surface area contributed by atoms with Crippen LogP contribution in [0.4, 0.5) is 0 Å². The number of unbranched alkanes of at least 4 members (excludes halogenated alkanes) is 8. The SMILES string of the molecule is CCCCCCCCCCCC(=O)CCc1cnn(C)c1. The summed E-state index contributed by atoms with van der Waals surface area (Å²) in [7, 11) is 1.91. The number of aryl methyl sites for hydroxylation is 2. The van der Waals surface area contributed by atoms with Crippen LogP contribution in [0.15, 0.2) is 12.4 Å². The lowest BCUT2D eigenvalue weighted by Gasteiger charge is -2.02. The van der Waals surface area contributed by atoms with Gasteiger partial charge in [-0.2, -0.15) is 5.10 Å². The number of aromatic nitrogens is 2. The highest BCUT2D eigenvalue weighted by atomic mass is 16.1. The van der Waals surface area contributed by atoms with Gasteiger partial charge in [0.25, 0.3) is 0 Å². The first-order chi connectivity index (χ1) is 10.2. The van der Waals surface area contributed by atoms with Crippen LogP contribution in [0.25, 0.3) is 0 Å². The van der Waals surface area contributed by atoms with Crippen LogP contribution in [0.5, 0.6) is 0 Å². The van der Waals surface area contributed by atoms with Crippen molar-refractivity contribution in [1.82, 2.24) is 9.78 Å². The summed E-state index contributed by atoms with van der Waals surface area (Å²) in [4.78, 5) is 11.8. The Morgan fingerprint density at radius 2 is 1.62 bits per heavy atom. The van der Waals surface area contributed by atoms with Crippen LogP contribution < -0.4 is 0 Å². The molecule has 0 unspecified atom stereocenters. The maximum Gasteiger partial charge on any atom is 0.133 e. The second-order valence-electron chi connectivity index (χ2n) is 6.14. The zero-order chi connectivity index (χ0) is 15.3. The largest absolute Gasteiger partial charge is 0.300 e. The average Bonchev–Trinajstić information content (AvgIpc) is 2.89. The first kappa shape index (κ1) is 17.9. The fourth-order valence-corrected chi connectivity index (χ4v) is 2.64. The van der Waals surface area contributed by atoms with Crippen molar-refractivity contribution in [2.24, 2.45) is 7.05 Å². The highest BCUT2D eigenvalue weighted by Crippen LogP contribution is 2.11. The van der Waals surface area contributed by atoms with Gasteiger partial charge in [0.05, 0.1) is 6.20 Å². The molecule has 0 saturated heterocycles. The molecule has 3 nitrogen and oxygen atoms in total. The van der Waals surface area contributed by atoms with Crippen molar-refractivity contribution in [1.29, 1.82) is 0 Å². The average molecular weight is 292 g/mol. The number of hydrogen-bond donors (Lipinski definition) is 0. The highest BCUT2D eigenvalue weighted by molar-refractivity contribution is 5.78. The van der Waals surface area contributed by atoms with Crippen LogP contribution >= 0.6 is 0 Å². The minimum absolute atomic E-state index is 0.404. The Morgan fingerprint density at radius 1 is 1.00 bits per heavy atom. The Labute approximate surface area is 130 Å². The number of carbonyl (C=O) groups excluding carboxylic acids is 1. The van der Waals surface area contributed by atoms with Crippen molar-refractivity contribution in [2.45, 2.75) is 84.0 Å². The van der Waals surface area contributed by atoms with Crippen LogP contribution in [0.3, 0.4) is 0 Å². The minimum Gasteiger partial charge on any atom is -0.300 e. The van der Waals surface area contributed by atoms with E-state index in [1.54, 1.807) is 4.68 Å². The molecule has 1 rings (SSSR count). The summed E-state index contributed by atoms with van der Waals surface area (Å²) in [6.45, 7) is 2.26. The van der Waals surface area contributed by atoms with Gasteiger partial charge in [0.15, 0.2) is 0 Å². The molecule has 0 aliphatic heterocycles. The first-order valence-corrected chi connectivity index (χ1v) is 8.71. The molecule has 0 bridgehead atoms. The van der Waals surface area contributed by atoms with E-state index in [2.05, 4.69) is 12.0 Å². The smallest absolute Gasteiger partial charge is 0.133 e. The molecule has 0 aliphatic rings. The van der Waals surface area contributed by atoms with Gasteiger partial charge in [0.1, 0.15) is 5.78 Å². The minimum atomic E-state index is 0.404. The quantitative estimate of drug-likeness (QED) is 0.487. The molecule has 0 atom stereocenters. The molecule has 21 heavy (non-hydrogen) atoms. The highest BCUT2D eigenvalue weighted by Gasteiger charge is 2.04. The van der Waals surface area contributed by atoms with Gasteiger partial charge in [-0.05, 0) is 18.4 Å². The van der Waals surface area contributed by atoms with Crippen LogP contribution in [-0.2, 0) is 18.3 Å². The normalized spacial score (nSPS) is 11.0. The molecule has 3 heteroatoms. The summed E-state index contributed by atoms with van der Waals surface area (Å²) in [5, 5.41) is 4.12. The van der Waals surface area contributed by atoms with Gasteiger partial charge in [-0.25, -0.2) is 0 Å². The van der Waals surface area contributed by atoms with Crippen LogP contribution in [0.1, 0.15) is 83.1 Å². The number of hydrogen-bond acceptors (Lipinski definition) is 2. The van der Waals surface area contributed by atoms with Crippen molar-refractivity contribution in [3.8, 4) is 0 Å². The van der Waals surface area contributed by atoms with Gasteiger partial charge in [-0.15, -0.1) is 0 Å². The molecular weight excluding hydrogens is 260 g/mol. The van der Waals surface area contributed by atoms with Crippen molar-refractivity contribution in [2.75, 3.05) is 0 Å². The number of rotatable bonds is 13. The van der Waals surface area contributed by atoms with Gasteiger partial charge in [0, 0.05) is 26.1 Å². The third-order valence-corrected chi connectivity index (χ3v) is 4.01. The molecule has 1 aromatic heterocycles. The molecule has 1 heterocycles. The van der Waals surface area contributed by atoms with Crippen molar-refractivity contribution in [3.63, 3.8) is 0 Å². The predicted molar refractivity (Wildman–Crippen MR) is 88.4 cm³/mol. The Hall–Kier alpha value is -1.12.